The number of hydrogen-bond donors (Lipinski definition) is 1. The Morgan fingerprint density at radius 2 is 1.93 bits per heavy atom. The maximum atomic E-state index is 3.48. The highest BCUT2D eigenvalue weighted by atomic mass is 14.8. The molecule has 1 aromatic carbocycles. The van der Waals surface area contributed by atoms with E-state index >= 15 is 0 Å². The van der Waals surface area contributed by atoms with Crippen LogP contribution in [0.25, 0.3) is 0 Å². The van der Waals surface area contributed by atoms with Crippen molar-refractivity contribution in [2.45, 2.75) is 32.2 Å². The average Bonchev–Trinajstić information content (AvgIpc) is 3.03. The molecule has 1 heteroatoms. The first-order valence-electron chi connectivity index (χ1n) is 5.70. The monoisotopic (exact) mass is 189 g/mol. The van der Waals surface area contributed by atoms with E-state index in [1.54, 1.807) is 0 Å². The van der Waals surface area contributed by atoms with Gasteiger partial charge in [0.1, 0.15) is 0 Å². The Morgan fingerprint density at radius 1 is 1.14 bits per heavy atom. The first-order chi connectivity index (χ1) is 6.95. The summed E-state index contributed by atoms with van der Waals surface area (Å²) in [6.07, 6.45) is 5.75. The summed E-state index contributed by atoms with van der Waals surface area (Å²) >= 11 is 0. The largest absolute Gasteiger partial charge is 0.313 e. The molecule has 1 aromatic rings. The summed E-state index contributed by atoms with van der Waals surface area (Å²) in [5.74, 6) is 1.08. The van der Waals surface area contributed by atoms with E-state index < -0.39 is 0 Å². The van der Waals surface area contributed by atoms with E-state index in [1.165, 1.54) is 37.8 Å². The van der Waals surface area contributed by atoms with E-state index in [9.17, 15) is 0 Å². The zero-order valence-corrected chi connectivity index (χ0v) is 8.71. The molecule has 1 saturated carbocycles. The molecule has 1 fully saturated rings. The molecule has 1 aliphatic carbocycles. The van der Waals surface area contributed by atoms with Gasteiger partial charge in [0, 0.05) is 6.54 Å². The van der Waals surface area contributed by atoms with Crippen LogP contribution in [0.3, 0.4) is 0 Å². The quantitative estimate of drug-likeness (QED) is 0.678. The molecule has 14 heavy (non-hydrogen) atoms. The van der Waals surface area contributed by atoms with E-state index in [0.29, 0.717) is 0 Å². The van der Waals surface area contributed by atoms with Crippen molar-refractivity contribution in [3.8, 4) is 0 Å². The minimum Gasteiger partial charge on any atom is -0.313 e. The van der Waals surface area contributed by atoms with Gasteiger partial charge in [-0.1, -0.05) is 43.2 Å². The molecule has 1 aliphatic rings. The predicted octanol–water partition coefficient (Wildman–Crippen LogP) is 2.97. The summed E-state index contributed by atoms with van der Waals surface area (Å²) in [7, 11) is 0. The highest BCUT2D eigenvalue weighted by Gasteiger charge is 2.19. The Hall–Kier alpha value is -0.820. The molecule has 0 amide bonds. The molecule has 0 aliphatic heterocycles. The summed E-state index contributed by atoms with van der Waals surface area (Å²) in [6.45, 7) is 2.19. The Bertz CT molecular complexity index is 251. The van der Waals surface area contributed by atoms with Crippen molar-refractivity contribution in [3.63, 3.8) is 0 Å². The Balaban J connectivity index is 1.54. The number of nitrogens with one attached hydrogen (secondary N) is 1. The molecular formula is C13H19N. The van der Waals surface area contributed by atoms with Gasteiger partial charge in [0.15, 0.2) is 0 Å². The fraction of sp³-hybridized carbons (Fsp3) is 0.538. The van der Waals surface area contributed by atoms with Gasteiger partial charge in [0.25, 0.3) is 0 Å². The van der Waals surface area contributed by atoms with Crippen molar-refractivity contribution in [1.29, 1.82) is 0 Å². The van der Waals surface area contributed by atoms with E-state index in [1.807, 2.05) is 0 Å². The van der Waals surface area contributed by atoms with Crippen LogP contribution < -0.4 is 5.32 Å². The van der Waals surface area contributed by atoms with Crippen molar-refractivity contribution in [2.24, 2.45) is 5.92 Å². The van der Waals surface area contributed by atoms with Crippen LogP contribution in [-0.4, -0.2) is 6.54 Å². The Labute approximate surface area is 86.5 Å². The molecule has 1 nitrogen and oxygen atoms in total. The minimum atomic E-state index is 1.02. The molecule has 2 rings (SSSR count). The van der Waals surface area contributed by atoms with E-state index in [2.05, 4.69) is 35.6 Å². The molecular weight excluding hydrogens is 170 g/mol. The lowest BCUT2D eigenvalue weighted by atomic mass is 10.2. The second-order valence-corrected chi connectivity index (χ2v) is 4.25. The second-order valence-electron chi connectivity index (χ2n) is 4.25. The van der Waals surface area contributed by atoms with Crippen molar-refractivity contribution in [1.82, 2.24) is 5.32 Å². The second kappa shape index (κ2) is 5.16. The van der Waals surface area contributed by atoms with Crippen LogP contribution >= 0.6 is 0 Å². The van der Waals surface area contributed by atoms with E-state index in [-0.39, 0.29) is 0 Å². The van der Waals surface area contributed by atoms with Crippen molar-refractivity contribution in [2.75, 3.05) is 6.54 Å². The van der Waals surface area contributed by atoms with E-state index in [0.717, 1.165) is 12.5 Å². The zero-order valence-electron chi connectivity index (χ0n) is 8.71. The maximum absolute atomic E-state index is 3.48. The normalized spacial score (nSPS) is 15.7. The average molecular weight is 189 g/mol. The third-order valence-electron chi connectivity index (χ3n) is 2.83. The van der Waals surface area contributed by atoms with E-state index in [4.69, 9.17) is 0 Å². The summed E-state index contributed by atoms with van der Waals surface area (Å²) in [5.41, 5.74) is 1.39. The summed E-state index contributed by atoms with van der Waals surface area (Å²) in [6, 6.07) is 10.6. The molecule has 0 aromatic heterocycles. The first-order valence-corrected chi connectivity index (χ1v) is 5.70. The molecule has 0 unspecified atom stereocenters. The lowest BCUT2D eigenvalue weighted by Gasteiger charge is -2.03. The third kappa shape index (κ3) is 3.51. The zero-order chi connectivity index (χ0) is 9.64. The van der Waals surface area contributed by atoms with Gasteiger partial charge in [-0.25, -0.2) is 0 Å². The molecule has 0 atom stereocenters. The van der Waals surface area contributed by atoms with Crippen LogP contribution in [0.1, 0.15) is 31.2 Å². The maximum Gasteiger partial charge on any atom is 0.0205 e. The van der Waals surface area contributed by atoms with Crippen molar-refractivity contribution in [3.05, 3.63) is 35.9 Å². The summed E-state index contributed by atoms with van der Waals surface area (Å²) < 4.78 is 0. The minimum absolute atomic E-state index is 1.02. The molecule has 0 spiro atoms. The Morgan fingerprint density at radius 3 is 2.64 bits per heavy atom. The number of rotatable bonds is 6. The summed E-state index contributed by atoms with van der Waals surface area (Å²) in [5, 5.41) is 3.48. The molecule has 76 valence electrons. The third-order valence-corrected chi connectivity index (χ3v) is 2.83. The van der Waals surface area contributed by atoms with Gasteiger partial charge >= 0.3 is 0 Å². The van der Waals surface area contributed by atoms with Gasteiger partial charge in [-0.2, -0.15) is 0 Å². The smallest absolute Gasteiger partial charge is 0.0205 e. The lowest BCUT2D eigenvalue weighted by molar-refractivity contribution is 0.594. The molecule has 0 bridgehead atoms. The molecule has 0 radical (unpaired) electrons. The van der Waals surface area contributed by atoms with Crippen molar-refractivity contribution < 1.29 is 0 Å². The van der Waals surface area contributed by atoms with Crippen LogP contribution in [0.2, 0.25) is 0 Å². The fourth-order valence-corrected chi connectivity index (χ4v) is 1.75. The molecule has 0 saturated heterocycles. The summed E-state index contributed by atoms with van der Waals surface area (Å²) in [4.78, 5) is 0. The SMILES string of the molecule is c1ccc(CNCCCC2CC2)cc1. The topological polar surface area (TPSA) is 12.0 Å². The van der Waals surface area contributed by atoms with Gasteiger partial charge < -0.3 is 5.32 Å². The first kappa shape index (κ1) is 9.72. The number of benzene rings is 1. The van der Waals surface area contributed by atoms with Gasteiger partial charge in [-0.15, -0.1) is 0 Å². The standard InChI is InChI=1S/C13H19N/c1-2-5-13(6-3-1)11-14-10-4-7-12-8-9-12/h1-3,5-6,12,14H,4,7-11H2. The van der Waals surface area contributed by atoms with Crippen molar-refractivity contribution >= 4 is 0 Å². The predicted molar refractivity (Wildman–Crippen MR) is 60.1 cm³/mol. The van der Waals surface area contributed by atoms with Crippen LogP contribution in [-0.2, 0) is 6.54 Å². The van der Waals surface area contributed by atoms with Crippen LogP contribution in [0.15, 0.2) is 30.3 Å². The fourth-order valence-electron chi connectivity index (χ4n) is 1.75. The lowest BCUT2D eigenvalue weighted by Crippen LogP contribution is -2.14. The van der Waals surface area contributed by atoms with Gasteiger partial charge in [0.05, 0.1) is 0 Å². The van der Waals surface area contributed by atoms with Crippen LogP contribution in [0, 0.1) is 5.92 Å². The van der Waals surface area contributed by atoms with Gasteiger partial charge in [-0.05, 0) is 30.9 Å². The highest BCUT2D eigenvalue weighted by molar-refractivity contribution is 5.14. The molecule has 1 N–H and O–H groups in total. The van der Waals surface area contributed by atoms with Crippen LogP contribution in [0.5, 0.6) is 0 Å². The molecule has 0 heterocycles. The van der Waals surface area contributed by atoms with Gasteiger partial charge in [-0.3, -0.25) is 0 Å². The van der Waals surface area contributed by atoms with Gasteiger partial charge in [0.2, 0.25) is 0 Å². The van der Waals surface area contributed by atoms with Crippen LogP contribution in [0.4, 0.5) is 0 Å². The highest BCUT2D eigenvalue weighted by Crippen LogP contribution is 2.33. The number of hydrogen-bond acceptors (Lipinski definition) is 1. The Kier molecular flexibility index (Phi) is 3.58.